The summed E-state index contributed by atoms with van der Waals surface area (Å²) < 4.78 is 13.0. The number of carbonyl (C=O) groups is 1. The van der Waals surface area contributed by atoms with E-state index in [1.807, 2.05) is 6.92 Å². The molecule has 1 amide bonds. The van der Waals surface area contributed by atoms with Crippen LogP contribution in [0.25, 0.3) is 0 Å². The first-order valence-corrected chi connectivity index (χ1v) is 8.83. The van der Waals surface area contributed by atoms with E-state index in [1.54, 1.807) is 0 Å². The second-order valence-corrected chi connectivity index (χ2v) is 7.48. The highest BCUT2D eigenvalue weighted by atomic mass is 35.5. The smallest absolute Gasteiger partial charge is 0.237 e. The summed E-state index contributed by atoms with van der Waals surface area (Å²) in [7, 11) is 0. The molecule has 1 aliphatic carbocycles. The number of hydrogen-bond donors (Lipinski definition) is 1. The van der Waals surface area contributed by atoms with Gasteiger partial charge in [-0.2, -0.15) is 0 Å². The predicted molar refractivity (Wildman–Crippen MR) is 93.8 cm³/mol. The lowest BCUT2D eigenvalue weighted by Gasteiger charge is -2.13. The van der Waals surface area contributed by atoms with Crippen LogP contribution in [0, 0.1) is 5.82 Å². The van der Waals surface area contributed by atoms with E-state index in [4.69, 9.17) is 11.6 Å². The molecule has 1 N–H and O–H groups in total. The topological polar surface area (TPSA) is 29.1 Å². The molecule has 5 heteroatoms. The molecule has 2 aromatic rings. The normalized spacial score (nSPS) is 14.4. The second-order valence-electron chi connectivity index (χ2n) is 5.66. The van der Waals surface area contributed by atoms with Crippen LogP contribution in [-0.4, -0.2) is 11.2 Å². The van der Waals surface area contributed by atoms with Gasteiger partial charge in [0.15, 0.2) is 0 Å². The van der Waals surface area contributed by atoms with E-state index in [-0.39, 0.29) is 16.2 Å². The molecule has 1 aliphatic rings. The zero-order valence-corrected chi connectivity index (χ0v) is 14.3. The fourth-order valence-electron chi connectivity index (χ4n) is 2.70. The molecule has 2 nitrogen and oxygen atoms in total. The number of benzene rings is 2. The van der Waals surface area contributed by atoms with Gasteiger partial charge >= 0.3 is 0 Å². The van der Waals surface area contributed by atoms with Crippen molar-refractivity contribution in [3.05, 3.63) is 58.4 Å². The molecule has 0 aliphatic heterocycles. The lowest BCUT2D eigenvalue weighted by molar-refractivity contribution is -0.115. The molecule has 0 saturated heterocycles. The van der Waals surface area contributed by atoms with Crippen LogP contribution in [0.5, 0.6) is 0 Å². The van der Waals surface area contributed by atoms with Gasteiger partial charge in [0, 0.05) is 4.90 Å². The zero-order valence-electron chi connectivity index (χ0n) is 12.7. The van der Waals surface area contributed by atoms with Crippen molar-refractivity contribution in [3.63, 3.8) is 0 Å². The number of fused-ring (bicyclic) bond motifs is 1. The van der Waals surface area contributed by atoms with E-state index >= 15 is 0 Å². The molecule has 0 heterocycles. The largest absolute Gasteiger partial charge is 0.324 e. The molecular formula is C18H17ClFNOS. The maximum absolute atomic E-state index is 13.0. The van der Waals surface area contributed by atoms with E-state index in [0.29, 0.717) is 5.69 Å². The summed E-state index contributed by atoms with van der Waals surface area (Å²) in [5, 5.41) is 2.69. The molecule has 0 bridgehead atoms. The molecule has 0 spiro atoms. The van der Waals surface area contributed by atoms with Gasteiger partial charge in [0.25, 0.3) is 0 Å². The average molecular weight is 350 g/mol. The number of amides is 1. The van der Waals surface area contributed by atoms with E-state index < -0.39 is 5.82 Å². The first kappa shape index (κ1) is 16.3. The minimum Gasteiger partial charge on any atom is -0.324 e. The van der Waals surface area contributed by atoms with Gasteiger partial charge in [-0.15, -0.1) is 11.8 Å². The molecule has 2 aromatic carbocycles. The highest BCUT2D eigenvalue weighted by Crippen LogP contribution is 2.30. The Bertz CT molecular complexity index is 750. The van der Waals surface area contributed by atoms with Crippen LogP contribution in [0.15, 0.2) is 41.3 Å². The monoisotopic (exact) mass is 349 g/mol. The molecule has 0 fully saturated rings. The van der Waals surface area contributed by atoms with Gasteiger partial charge in [0.1, 0.15) is 5.82 Å². The number of hydrogen-bond acceptors (Lipinski definition) is 2. The summed E-state index contributed by atoms with van der Waals surface area (Å²) >= 11 is 7.46. The molecule has 0 radical (unpaired) electrons. The number of anilines is 1. The van der Waals surface area contributed by atoms with Crippen LogP contribution in [0.4, 0.5) is 10.1 Å². The van der Waals surface area contributed by atoms with Crippen molar-refractivity contribution in [3.8, 4) is 0 Å². The third kappa shape index (κ3) is 3.88. The Morgan fingerprint density at radius 1 is 1.22 bits per heavy atom. The molecule has 3 rings (SSSR count). The van der Waals surface area contributed by atoms with Crippen molar-refractivity contribution in [2.45, 2.75) is 36.3 Å². The van der Waals surface area contributed by atoms with Gasteiger partial charge in [-0.3, -0.25) is 4.79 Å². The lowest BCUT2D eigenvalue weighted by Crippen LogP contribution is -2.22. The molecule has 23 heavy (non-hydrogen) atoms. The van der Waals surface area contributed by atoms with Gasteiger partial charge in [-0.25, -0.2) is 4.39 Å². The summed E-state index contributed by atoms with van der Waals surface area (Å²) in [4.78, 5) is 13.4. The van der Waals surface area contributed by atoms with Crippen LogP contribution in [0.3, 0.4) is 0 Å². The average Bonchev–Trinajstić information content (AvgIpc) is 2.97. The lowest BCUT2D eigenvalue weighted by atomic mass is 10.1. The first-order valence-electron chi connectivity index (χ1n) is 7.57. The fraction of sp³-hybridized carbons (Fsp3) is 0.278. The first-order chi connectivity index (χ1) is 11.0. The number of halogens is 2. The second kappa shape index (κ2) is 6.93. The molecular weight excluding hydrogens is 333 g/mol. The van der Waals surface area contributed by atoms with Crippen molar-refractivity contribution in [2.75, 3.05) is 5.32 Å². The summed E-state index contributed by atoms with van der Waals surface area (Å²) in [6, 6.07) is 10.4. The van der Waals surface area contributed by atoms with Crippen LogP contribution in [-0.2, 0) is 17.6 Å². The zero-order chi connectivity index (χ0) is 16.4. The van der Waals surface area contributed by atoms with Crippen molar-refractivity contribution in [1.29, 1.82) is 0 Å². The molecule has 0 aromatic heterocycles. The molecule has 0 saturated carbocycles. The van der Waals surface area contributed by atoms with Gasteiger partial charge in [0.2, 0.25) is 5.91 Å². The number of aryl methyl sites for hydroxylation is 2. The summed E-state index contributed by atoms with van der Waals surface area (Å²) in [6.45, 7) is 1.85. The Labute approximate surface area is 144 Å². The van der Waals surface area contributed by atoms with Gasteiger partial charge in [-0.05, 0) is 67.6 Å². The Hall–Kier alpha value is -1.52. The van der Waals surface area contributed by atoms with Crippen molar-refractivity contribution in [1.82, 2.24) is 0 Å². The van der Waals surface area contributed by atoms with E-state index in [9.17, 15) is 9.18 Å². The summed E-state index contributed by atoms with van der Waals surface area (Å²) in [5.41, 5.74) is 3.24. The Balaban J connectivity index is 1.65. The highest BCUT2D eigenvalue weighted by molar-refractivity contribution is 8.00. The Morgan fingerprint density at radius 2 is 2.00 bits per heavy atom. The maximum Gasteiger partial charge on any atom is 0.237 e. The van der Waals surface area contributed by atoms with Gasteiger partial charge in [-0.1, -0.05) is 17.7 Å². The molecule has 120 valence electrons. The minimum atomic E-state index is -0.423. The highest BCUT2D eigenvalue weighted by Gasteiger charge is 2.17. The molecule has 1 atom stereocenters. The fourth-order valence-corrected chi connectivity index (χ4v) is 3.85. The van der Waals surface area contributed by atoms with Crippen molar-refractivity contribution in [2.24, 2.45) is 0 Å². The maximum atomic E-state index is 13.0. The van der Waals surface area contributed by atoms with Crippen LogP contribution in [0.1, 0.15) is 24.5 Å². The SMILES string of the molecule is C[C@@H](Sc1ccc2c(c1)CCC2)C(=O)Nc1ccc(F)cc1Cl. The van der Waals surface area contributed by atoms with E-state index in [0.717, 1.165) is 17.7 Å². The van der Waals surface area contributed by atoms with Crippen molar-refractivity contribution < 1.29 is 9.18 Å². The van der Waals surface area contributed by atoms with E-state index in [1.165, 1.54) is 47.5 Å². The minimum absolute atomic E-state index is 0.149. The van der Waals surface area contributed by atoms with Gasteiger partial charge in [0.05, 0.1) is 16.0 Å². The third-order valence-corrected chi connectivity index (χ3v) is 5.35. The standard InChI is InChI=1S/C18H17ClFNOS/c1-11(18(22)21-17-8-6-14(20)10-16(17)19)23-15-7-5-12-3-2-4-13(12)9-15/h5-11H,2-4H2,1H3,(H,21,22)/t11-/m1/s1. The summed E-state index contributed by atoms with van der Waals surface area (Å²) in [5.74, 6) is -0.572. The number of rotatable bonds is 4. The quantitative estimate of drug-likeness (QED) is 0.779. The number of carbonyl (C=O) groups excluding carboxylic acids is 1. The van der Waals surface area contributed by atoms with Crippen LogP contribution in [0.2, 0.25) is 5.02 Å². The molecule has 0 unspecified atom stereocenters. The number of thioether (sulfide) groups is 1. The Kier molecular flexibility index (Phi) is 4.93. The van der Waals surface area contributed by atoms with E-state index in [2.05, 4.69) is 23.5 Å². The predicted octanol–water partition coefficient (Wildman–Crippen LogP) is 5.09. The van der Waals surface area contributed by atoms with Crippen molar-refractivity contribution >= 4 is 35.0 Å². The van der Waals surface area contributed by atoms with Crippen LogP contribution < -0.4 is 5.32 Å². The third-order valence-electron chi connectivity index (χ3n) is 3.94. The summed E-state index contributed by atoms with van der Waals surface area (Å²) in [6.07, 6.45) is 3.48. The van der Waals surface area contributed by atoms with Crippen LogP contribution >= 0.6 is 23.4 Å². The Morgan fingerprint density at radius 3 is 2.78 bits per heavy atom. The number of nitrogens with one attached hydrogen (secondary N) is 1. The van der Waals surface area contributed by atoms with Gasteiger partial charge < -0.3 is 5.32 Å².